The van der Waals surface area contributed by atoms with Crippen molar-refractivity contribution < 1.29 is 4.79 Å². The maximum absolute atomic E-state index is 13.1. The van der Waals surface area contributed by atoms with E-state index in [-0.39, 0.29) is 11.5 Å². The van der Waals surface area contributed by atoms with Crippen LogP contribution < -0.4 is 11.0 Å². The number of carbonyl (C=O) groups is 1. The minimum Gasteiger partial charge on any atom is -0.271 e. The molecule has 4 rings (SSSR count). The van der Waals surface area contributed by atoms with Crippen molar-refractivity contribution in [3.05, 3.63) is 43.0 Å². The predicted molar refractivity (Wildman–Crippen MR) is 109 cm³/mol. The third-order valence-corrected chi connectivity index (χ3v) is 6.98. The SMILES string of the molecule is Cc1nn([C@H](C)C(=O)Nn2c(C)nc3sc4c(c3c2=O)CCCC4)cc1Br. The molecule has 1 aliphatic carbocycles. The Morgan fingerprint density at radius 3 is 2.78 bits per heavy atom. The average molecular weight is 450 g/mol. The number of amides is 1. The van der Waals surface area contributed by atoms with Crippen LogP contribution in [0.5, 0.6) is 0 Å². The highest BCUT2D eigenvalue weighted by Gasteiger charge is 2.23. The molecule has 27 heavy (non-hydrogen) atoms. The summed E-state index contributed by atoms with van der Waals surface area (Å²) in [6, 6.07) is -0.562. The van der Waals surface area contributed by atoms with Crippen molar-refractivity contribution in [1.29, 1.82) is 0 Å². The van der Waals surface area contributed by atoms with Crippen LogP contribution in [-0.4, -0.2) is 25.3 Å². The molecule has 0 spiro atoms. The van der Waals surface area contributed by atoms with Gasteiger partial charge in [0.2, 0.25) is 0 Å². The van der Waals surface area contributed by atoms with E-state index in [4.69, 9.17) is 0 Å². The summed E-state index contributed by atoms with van der Waals surface area (Å²) in [6.07, 6.45) is 5.90. The number of hydrogen-bond acceptors (Lipinski definition) is 5. The lowest BCUT2D eigenvalue weighted by Crippen LogP contribution is -2.38. The maximum atomic E-state index is 13.1. The molecule has 3 aromatic heterocycles. The zero-order valence-electron chi connectivity index (χ0n) is 15.4. The van der Waals surface area contributed by atoms with Gasteiger partial charge in [-0.05, 0) is 67.9 Å². The largest absolute Gasteiger partial charge is 0.281 e. The van der Waals surface area contributed by atoms with Crippen LogP contribution in [-0.2, 0) is 17.6 Å². The molecule has 1 N–H and O–H groups in total. The Morgan fingerprint density at radius 1 is 1.33 bits per heavy atom. The number of aryl methyl sites for hydroxylation is 4. The molecule has 142 valence electrons. The topological polar surface area (TPSA) is 81.8 Å². The number of thiophene rings is 1. The van der Waals surface area contributed by atoms with Crippen molar-refractivity contribution in [2.75, 3.05) is 5.43 Å². The number of rotatable bonds is 3. The molecule has 9 heteroatoms. The summed E-state index contributed by atoms with van der Waals surface area (Å²) in [6.45, 7) is 5.34. The van der Waals surface area contributed by atoms with E-state index in [1.165, 1.54) is 9.55 Å². The third kappa shape index (κ3) is 3.12. The first-order chi connectivity index (χ1) is 12.9. The Bertz CT molecular complexity index is 1090. The quantitative estimate of drug-likeness (QED) is 0.665. The number of hydrogen-bond donors (Lipinski definition) is 1. The van der Waals surface area contributed by atoms with Gasteiger partial charge in [-0.2, -0.15) is 5.10 Å². The summed E-state index contributed by atoms with van der Waals surface area (Å²) in [5, 5.41) is 4.98. The van der Waals surface area contributed by atoms with Gasteiger partial charge in [0, 0.05) is 11.1 Å². The third-order valence-electron chi connectivity index (χ3n) is 5.01. The van der Waals surface area contributed by atoms with E-state index in [1.54, 1.807) is 36.1 Å². The molecule has 1 amide bonds. The average Bonchev–Trinajstić information content (AvgIpc) is 3.17. The van der Waals surface area contributed by atoms with Crippen molar-refractivity contribution in [2.24, 2.45) is 0 Å². The van der Waals surface area contributed by atoms with Crippen LogP contribution >= 0.6 is 27.3 Å². The molecule has 3 heterocycles. The second-order valence-electron chi connectivity index (χ2n) is 6.89. The van der Waals surface area contributed by atoms with Crippen LogP contribution in [0.15, 0.2) is 15.5 Å². The standard InChI is InChI=1S/C18H20BrN5O2S/c1-9-13(19)8-23(21-9)10(2)16(25)22-24-11(3)20-17-15(18(24)26)12-6-4-5-7-14(12)27-17/h8,10H,4-7H2,1-3H3,(H,22,25)/t10-/m1/s1. The van der Waals surface area contributed by atoms with E-state index in [2.05, 4.69) is 31.4 Å². The van der Waals surface area contributed by atoms with Crippen LogP contribution in [0.1, 0.15) is 47.8 Å². The first kappa shape index (κ1) is 18.4. The Balaban J connectivity index is 1.71. The van der Waals surface area contributed by atoms with E-state index in [0.717, 1.165) is 46.2 Å². The molecule has 3 aromatic rings. The Labute approximate surface area is 168 Å². The van der Waals surface area contributed by atoms with Gasteiger partial charge in [0.15, 0.2) is 0 Å². The van der Waals surface area contributed by atoms with Gasteiger partial charge in [-0.3, -0.25) is 19.7 Å². The summed E-state index contributed by atoms with van der Waals surface area (Å²) in [4.78, 5) is 32.5. The molecule has 7 nitrogen and oxygen atoms in total. The lowest BCUT2D eigenvalue weighted by Gasteiger charge is -2.16. The van der Waals surface area contributed by atoms with Crippen LogP contribution in [0.25, 0.3) is 10.2 Å². The monoisotopic (exact) mass is 449 g/mol. The fraction of sp³-hybridized carbons (Fsp3) is 0.444. The number of fused-ring (bicyclic) bond motifs is 3. The number of carbonyl (C=O) groups excluding carboxylic acids is 1. The Kier molecular flexibility index (Phi) is 4.67. The molecule has 1 atom stereocenters. The molecule has 0 aromatic carbocycles. The van der Waals surface area contributed by atoms with Gasteiger partial charge in [0.05, 0.1) is 15.6 Å². The van der Waals surface area contributed by atoms with Crippen molar-refractivity contribution in [3.8, 4) is 0 Å². The number of nitrogens with one attached hydrogen (secondary N) is 1. The molecule has 0 bridgehead atoms. The molecule has 0 radical (unpaired) electrons. The minimum absolute atomic E-state index is 0.199. The normalized spacial score (nSPS) is 15.0. The van der Waals surface area contributed by atoms with Gasteiger partial charge in [-0.25, -0.2) is 9.66 Å². The molecule has 1 aliphatic rings. The van der Waals surface area contributed by atoms with Crippen molar-refractivity contribution >= 4 is 43.4 Å². The highest BCUT2D eigenvalue weighted by atomic mass is 79.9. The Morgan fingerprint density at radius 2 is 2.07 bits per heavy atom. The highest BCUT2D eigenvalue weighted by molar-refractivity contribution is 9.10. The fourth-order valence-electron chi connectivity index (χ4n) is 3.42. The predicted octanol–water partition coefficient (Wildman–Crippen LogP) is 3.24. The first-order valence-electron chi connectivity index (χ1n) is 8.93. The molecular formula is C18H20BrN5O2S. The van der Waals surface area contributed by atoms with E-state index >= 15 is 0 Å². The van der Waals surface area contributed by atoms with Crippen LogP contribution in [0.3, 0.4) is 0 Å². The summed E-state index contributed by atoms with van der Waals surface area (Å²) in [7, 11) is 0. The Hall–Kier alpha value is -2.00. The van der Waals surface area contributed by atoms with Gasteiger partial charge in [-0.15, -0.1) is 11.3 Å². The first-order valence-corrected chi connectivity index (χ1v) is 10.5. The van der Waals surface area contributed by atoms with E-state index in [1.807, 2.05) is 6.92 Å². The summed E-state index contributed by atoms with van der Waals surface area (Å²) in [5.74, 6) is 0.157. The second kappa shape index (κ2) is 6.87. The summed E-state index contributed by atoms with van der Waals surface area (Å²) in [5.41, 5.74) is 4.44. The number of aromatic nitrogens is 4. The van der Waals surface area contributed by atoms with Gasteiger partial charge in [0.25, 0.3) is 11.5 Å². The lowest BCUT2D eigenvalue weighted by atomic mass is 9.97. The van der Waals surface area contributed by atoms with E-state index < -0.39 is 6.04 Å². The van der Waals surface area contributed by atoms with Crippen LogP contribution in [0, 0.1) is 13.8 Å². The molecule has 0 fully saturated rings. The van der Waals surface area contributed by atoms with Crippen molar-refractivity contribution in [2.45, 2.75) is 52.5 Å². The maximum Gasteiger partial charge on any atom is 0.281 e. The zero-order chi connectivity index (χ0) is 19.3. The zero-order valence-corrected chi connectivity index (χ0v) is 17.8. The number of nitrogens with zero attached hydrogens (tertiary/aromatic N) is 4. The van der Waals surface area contributed by atoms with Gasteiger partial charge in [-0.1, -0.05) is 0 Å². The second-order valence-corrected chi connectivity index (χ2v) is 8.82. The minimum atomic E-state index is -0.562. The molecule has 0 saturated heterocycles. The summed E-state index contributed by atoms with van der Waals surface area (Å²) >= 11 is 5.01. The molecule has 0 aliphatic heterocycles. The van der Waals surface area contributed by atoms with Gasteiger partial charge in [0.1, 0.15) is 16.7 Å². The molecular weight excluding hydrogens is 430 g/mol. The highest BCUT2D eigenvalue weighted by Crippen LogP contribution is 2.33. The summed E-state index contributed by atoms with van der Waals surface area (Å²) < 4.78 is 3.69. The van der Waals surface area contributed by atoms with E-state index in [9.17, 15) is 9.59 Å². The van der Waals surface area contributed by atoms with Gasteiger partial charge < -0.3 is 0 Å². The van der Waals surface area contributed by atoms with Crippen molar-refractivity contribution in [1.82, 2.24) is 19.4 Å². The fourth-order valence-corrected chi connectivity index (χ4v) is 5.01. The molecule has 0 saturated carbocycles. The molecule has 0 unspecified atom stereocenters. The van der Waals surface area contributed by atoms with Crippen LogP contribution in [0.2, 0.25) is 0 Å². The van der Waals surface area contributed by atoms with E-state index in [0.29, 0.717) is 11.2 Å². The smallest absolute Gasteiger partial charge is 0.271 e. The van der Waals surface area contributed by atoms with Crippen molar-refractivity contribution in [3.63, 3.8) is 0 Å². The lowest BCUT2D eigenvalue weighted by molar-refractivity contribution is -0.120. The number of halogens is 1. The van der Waals surface area contributed by atoms with Gasteiger partial charge >= 0.3 is 0 Å². The van der Waals surface area contributed by atoms with Crippen LogP contribution in [0.4, 0.5) is 0 Å².